The molecule has 1 aromatic carbocycles. The average Bonchev–Trinajstić information content (AvgIpc) is 3.20. The van der Waals surface area contributed by atoms with Crippen molar-refractivity contribution in [3.05, 3.63) is 46.3 Å². The predicted molar refractivity (Wildman–Crippen MR) is 125 cm³/mol. The first kappa shape index (κ1) is 21.6. The van der Waals surface area contributed by atoms with Gasteiger partial charge in [-0.25, -0.2) is 0 Å². The lowest BCUT2D eigenvalue weighted by molar-refractivity contribution is -0.120. The van der Waals surface area contributed by atoms with E-state index >= 15 is 0 Å². The number of thioether (sulfide) groups is 1. The van der Waals surface area contributed by atoms with Crippen LogP contribution in [0.3, 0.4) is 0 Å². The second-order valence-electron chi connectivity index (χ2n) is 8.00. The number of fused-ring (bicyclic) bond motifs is 3. The molecule has 1 aliphatic rings. The number of hydrogen-bond donors (Lipinski definition) is 1. The Morgan fingerprint density at radius 2 is 2.10 bits per heavy atom. The molecule has 1 N–H and O–H groups in total. The normalized spacial score (nSPS) is 15.2. The molecule has 1 atom stereocenters. The Bertz CT molecular complexity index is 1180. The van der Waals surface area contributed by atoms with Gasteiger partial charge in [0.15, 0.2) is 5.16 Å². The van der Waals surface area contributed by atoms with Crippen molar-refractivity contribution >= 4 is 34.3 Å². The van der Waals surface area contributed by atoms with Crippen LogP contribution < -0.4 is 10.9 Å². The second kappa shape index (κ2) is 9.68. The molecule has 164 valence electrons. The number of amides is 1. The summed E-state index contributed by atoms with van der Waals surface area (Å²) in [6.45, 7) is 5.14. The van der Waals surface area contributed by atoms with Gasteiger partial charge >= 0.3 is 0 Å². The van der Waals surface area contributed by atoms with Crippen LogP contribution in [0.2, 0.25) is 0 Å². The highest BCUT2D eigenvalue weighted by Crippen LogP contribution is 2.25. The van der Waals surface area contributed by atoms with Crippen molar-refractivity contribution in [2.45, 2.75) is 69.3 Å². The smallest absolute Gasteiger partial charge is 0.262 e. The van der Waals surface area contributed by atoms with Crippen LogP contribution in [0.15, 0.2) is 45.9 Å². The standard InChI is InChI=1S/C23H29N5O2S/c1-3-15-27-21(30)18-11-7-8-12-19(18)28-22(27)25-26-23(28)31-16(2)20(29)24-14-13-17-9-5-4-6-10-17/h7-9,11-12,16H,3-6,10,13-15H2,1-2H3,(H,24,29)/t16-/m1/s1. The van der Waals surface area contributed by atoms with Crippen LogP contribution in [-0.4, -0.2) is 36.9 Å². The zero-order chi connectivity index (χ0) is 21.8. The summed E-state index contributed by atoms with van der Waals surface area (Å²) >= 11 is 1.37. The molecule has 1 amide bonds. The van der Waals surface area contributed by atoms with E-state index in [-0.39, 0.29) is 16.7 Å². The van der Waals surface area contributed by atoms with Gasteiger partial charge in [0.1, 0.15) is 0 Å². The summed E-state index contributed by atoms with van der Waals surface area (Å²) in [5.74, 6) is 0.509. The highest BCUT2D eigenvalue weighted by molar-refractivity contribution is 8.00. The minimum absolute atomic E-state index is 0.00987. The predicted octanol–water partition coefficient (Wildman–Crippen LogP) is 3.94. The van der Waals surface area contributed by atoms with Crippen LogP contribution in [-0.2, 0) is 11.3 Å². The van der Waals surface area contributed by atoms with E-state index in [1.165, 1.54) is 30.2 Å². The van der Waals surface area contributed by atoms with Crippen LogP contribution >= 0.6 is 11.8 Å². The largest absolute Gasteiger partial charge is 0.355 e. The van der Waals surface area contributed by atoms with Gasteiger partial charge in [-0.15, -0.1) is 10.2 Å². The fourth-order valence-electron chi connectivity index (χ4n) is 4.07. The lowest BCUT2D eigenvalue weighted by Crippen LogP contribution is -2.32. The van der Waals surface area contributed by atoms with E-state index in [1.54, 1.807) is 4.57 Å². The van der Waals surface area contributed by atoms with Gasteiger partial charge < -0.3 is 5.32 Å². The molecule has 0 fully saturated rings. The van der Waals surface area contributed by atoms with Crippen molar-refractivity contribution in [1.29, 1.82) is 0 Å². The maximum atomic E-state index is 12.9. The molecule has 0 bridgehead atoms. The van der Waals surface area contributed by atoms with Gasteiger partial charge in [0.25, 0.3) is 5.56 Å². The molecule has 31 heavy (non-hydrogen) atoms. The average molecular weight is 440 g/mol. The molecule has 2 heterocycles. The molecule has 4 rings (SSSR count). The fraction of sp³-hybridized carbons (Fsp3) is 0.478. The fourth-order valence-corrected chi connectivity index (χ4v) is 4.95. The summed E-state index contributed by atoms with van der Waals surface area (Å²) in [6, 6.07) is 7.49. The van der Waals surface area contributed by atoms with Crippen LogP contribution in [0.25, 0.3) is 16.7 Å². The topological polar surface area (TPSA) is 81.3 Å². The molecule has 1 aliphatic carbocycles. The van der Waals surface area contributed by atoms with Gasteiger partial charge in [-0.1, -0.05) is 42.5 Å². The number of hydrogen-bond acceptors (Lipinski definition) is 5. The number of carbonyl (C=O) groups excluding carboxylic acids is 1. The van der Waals surface area contributed by atoms with Crippen LogP contribution in [0.4, 0.5) is 0 Å². The quantitative estimate of drug-likeness (QED) is 0.425. The van der Waals surface area contributed by atoms with E-state index < -0.39 is 0 Å². The Labute approximate surface area is 185 Å². The molecule has 2 aromatic heterocycles. The Balaban J connectivity index is 1.55. The molecule has 3 aromatic rings. The monoisotopic (exact) mass is 439 g/mol. The number of nitrogens with zero attached hydrogens (tertiary/aromatic N) is 4. The lowest BCUT2D eigenvalue weighted by Gasteiger charge is -2.15. The summed E-state index contributed by atoms with van der Waals surface area (Å²) in [6.07, 6.45) is 8.89. The molecular formula is C23H29N5O2S. The first-order chi connectivity index (χ1) is 15.1. The van der Waals surface area contributed by atoms with Crippen molar-refractivity contribution in [2.24, 2.45) is 0 Å². The van der Waals surface area contributed by atoms with Crippen molar-refractivity contribution in [3.63, 3.8) is 0 Å². The number of para-hydroxylation sites is 1. The Morgan fingerprint density at radius 1 is 1.26 bits per heavy atom. The van der Waals surface area contributed by atoms with Gasteiger partial charge in [0, 0.05) is 13.1 Å². The number of allylic oxidation sites excluding steroid dienone is 1. The number of benzene rings is 1. The Hall–Kier alpha value is -2.61. The maximum Gasteiger partial charge on any atom is 0.262 e. The summed E-state index contributed by atoms with van der Waals surface area (Å²) in [7, 11) is 0. The molecule has 0 radical (unpaired) electrons. The number of nitrogens with one attached hydrogen (secondary N) is 1. The number of rotatable bonds is 8. The van der Waals surface area contributed by atoms with Crippen molar-refractivity contribution in [2.75, 3.05) is 6.54 Å². The van der Waals surface area contributed by atoms with E-state index in [1.807, 2.05) is 42.5 Å². The van der Waals surface area contributed by atoms with E-state index in [9.17, 15) is 9.59 Å². The second-order valence-corrected chi connectivity index (χ2v) is 9.31. The molecule has 0 aliphatic heterocycles. The highest BCUT2D eigenvalue weighted by atomic mass is 32.2. The van der Waals surface area contributed by atoms with E-state index in [4.69, 9.17) is 0 Å². The van der Waals surface area contributed by atoms with Crippen LogP contribution in [0.1, 0.15) is 52.4 Å². The Morgan fingerprint density at radius 3 is 2.87 bits per heavy atom. The molecule has 7 nitrogen and oxygen atoms in total. The summed E-state index contributed by atoms with van der Waals surface area (Å²) in [5.41, 5.74) is 2.16. The minimum Gasteiger partial charge on any atom is -0.355 e. The van der Waals surface area contributed by atoms with E-state index in [0.29, 0.717) is 29.4 Å². The Kier molecular flexibility index (Phi) is 6.75. The lowest BCUT2D eigenvalue weighted by atomic mass is 9.97. The van der Waals surface area contributed by atoms with Crippen molar-refractivity contribution in [3.8, 4) is 0 Å². The molecule has 0 saturated heterocycles. The highest BCUT2D eigenvalue weighted by Gasteiger charge is 2.21. The van der Waals surface area contributed by atoms with Crippen molar-refractivity contribution in [1.82, 2.24) is 24.5 Å². The molecule has 0 spiro atoms. The van der Waals surface area contributed by atoms with Crippen LogP contribution in [0, 0.1) is 0 Å². The van der Waals surface area contributed by atoms with Gasteiger partial charge in [0.2, 0.25) is 11.7 Å². The maximum absolute atomic E-state index is 12.9. The summed E-state index contributed by atoms with van der Waals surface area (Å²) in [5, 5.41) is 12.6. The SMILES string of the molecule is CCCn1c(=O)c2ccccc2n2c(S[C@H](C)C(=O)NCCC3=CCCCC3)nnc12. The van der Waals surface area contributed by atoms with Gasteiger partial charge in [0.05, 0.1) is 16.2 Å². The summed E-state index contributed by atoms with van der Waals surface area (Å²) in [4.78, 5) is 25.6. The van der Waals surface area contributed by atoms with Crippen LogP contribution in [0.5, 0.6) is 0 Å². The van der Waals surface area contributed by atoms with Gasteiger partial charge in [-0.05, 0) is 57.6 Å². The first-order valence-electron chi connectivity index (χ1n) is 11.1. The van der Waals surface area contributed by atoms with Gasteiger partial charge in [-0.3, -0.25) is 18.6 Å². The number of carbonyl (C=O) groups is 1. The third kappa shape index (κ3) is 4.54. The number of aryl methyl sites for hydroxylation is 1. The summed E-state index contributed by atoms with van der Waals surface area (Å²) < 4.78 is 3.57. The van der Waals surface area contributed by atoms with E-state index in [0.717, 1.165) is 31.2 Å². The zero-order valence-corrected chi connectivity index (χ0v) is 19.0. The molecular weight excluding hydrogens is 410 g/mol. The third-order valence-corrected chi connectivity index (χ3v) is 6.75. The van der Waals surface area contributed by atoms with E-state index in [2.05, 4.69) is 21.6 Å². The van der Waals surface area contributed by atoms with Gasteiger partial charge in [-0.2, -0.15) is 0 Å². The minimum atomic E-state index is -0.321. The first-order valence-corrected chi connectivity index (χ1v) is 12.0. The third-order valence-electron chi connectivity index (χ3n) is 5.71. The van der Waals surface area contributed by atoms with Crippen molar-refractivity contribution < 1.29 is 4.79 Å². The molecule has 8 heteroatoms. The number of aromatic nitrogens is 4. The zero-order valence-electron chi connectivity index (χ0n) is 18.1. The molecule has 0 saturated carbocycles. The molecule has 0 unspecified atom stereocenters.